The van der Waals surface area contributed by atoms with E-state index in [0.717, 1.165) is 17.7 Å². The standard InChI is InChI=1S/C15H13FN2O5S/c1-9-2-4-10(5-3-9)14(20)18-15(21)17-12-7-6-11(8-13(12)19)24(16,22)23/h2-8,19H,1H3,(H2,17,18,20,21). The Balaban J connectivity index is 2.07. The number of amides is 3. The van der Waals surface area contributed by atoms with Crippen LogP contribution in [0.1, 0.15) is 15.9 Å². The molecule has 0 atom stereocenters. The summed E-state index contributed by atoms with van der Waals surface area (Å²) >= 11 is 0. The summed E-state index contributed by atoms with van der Waals surface area (Å²) in [7, 11) is -4.97. The summed E-state index contributed by atoms with van der Waals surface area (Å²) in [6, 6.07) is 8.05. The minimum Gasteiger partial charge on any atom is -0.506 e. The zero-order valence-electron chi connectivity index (χ0n) is 12.4. The fourth-order valence-electron chi connectivity index (χ4n) is 1.80. The van der Waals surface area contributed by atoms with Gasteiger partial charge in [-0.3, -0.25) is 10.1 Å². The Morgan fingerprint density at radius 1 is 1.08 bits per heavy atom. The predicted molar refractivity (Wildman–Crippen MR) is 84.1 cm³/mol. The second-order valence-electron chi connectivity index (χ2n) is 4.89. The van der Waals surface area contributed by atoms with E-state index in [4.69, 9.17) is 0 Å². The first-order valence-corrected chi connectivity index (χ1v) is 8.02. The molecule has 0 heterocycles. The maximum Gasteiger partial charge on any atom is 0.332 e. The highest BCUT2D eigenvalue weighted by Gasteiger charge is 2.16. The fraction of sp³-hybridized carbons (Fsp3) is 0.0667. The van der Waals surface area contributed by atoms with Crippen molar-refractivity contribution in [3.05, 3.63) is 53.6 Å². The summed E-state index contributed by atoms with van der Waals surface area (Å²) in [6.45, 7) is 1.85. The van der Waals surface area contributed by atoms with Gasteiger partial charge in [0.25, 0.3) is 5.91 Å². The molecule has 3 N–H and O–H groups in total. The Morgan fingerprint density at radius 3 is 2.25 bits per heavy atom. The van der Waals surface area contributed by atoms with E-state index in [2.05, 4.69) is 5.32 Å². The average Bonchev–Trinajstić information content (AvgIpc) is 2.48. The number of carbonyl (C=O) groups is 2. The number of phenols is 1. The van der Waals surface area contributed by atoms with Crippen molar-refractivity contribution >= 4 is 27.8 Å². The number of benzene rings is 2. The van der Waals surface area contributed by atoms with Crippen LogP contribution in [-0.4, -0.2) is 25.5 Å². The van der Waals surface area contributed by atoms with Crippen molar-refractivity contribution in [2.45, 2.75) is 11.8 Å². The number of phenolic OH excluding ortho intramolecular Hbond substituents is 1. The number of aryl methyl sites for hydroxylation is 1. The highest BCUT2D eigenvalue weighted by atomic mass is 32.3. The molecule has 0 saturated carbocycles. The van der Waals surface area contributed by atoms with E-state index in [-0.39, 0.29) is 11.3 Å². The number of aromatic hydroxyl groups is 1. The number of rotatable bonds is 3. The monoisotopic (exact) mass is 352 g/mol. The van der Waals surface area contributed by atoms with Gasteiger partial charge in [-0.05, 0) is 31.2 Å². The van der Waals surface area contributed by atoms with Crippen LogP contribution in [0.3, 0.4) is 0 Å². The van der Waals surface area contributed by atoms with E-state index in [1.165, 1.54) is 12.1 Å². The first-order chi connectivity index (χ1) is 11.2. The molecule has 126 valence electrons. The zero-order chi connectivity index (χ0) is 17.9. The topological polar surface area (TPSA) is 113 Å². The quantitative estimate of drug-likeness (QED) is 0.580. The van der Waals surface area contributed by atoms with E-state index in [0.29, 0.717) is 6.07 Å². The molecule has 0 spiro atoms. The van der Waals surface area contributed by atoms with Crippen LogP contribution in [0, 0.1) is 6.92 Å². The number of hydrogen-bond donors (Lipinski definition) is 3. The minimum absolute atomic E-state index is 0.184. The first-order valence-electron chi connectivity index (χ1n) is 6.63. The fourth-order valence-corrected chi connectivity index (χ4v) is 2.29. The number of nitrogens with one attached hydrogen (secondary N) is 2. The maximum atomic E-state index is 12.8. The summed E-state index contributed by atoms with van der Waals surface area (Å²) in [5.74, 6) is -1.32. The van der Waals surface area contributed by atoms with E-state index < -0.39 is 32.8 Å². The smallest absolute Gasteiger partial charge is 0.332 e. The van der Waals surface area contributed by atoms with Crippen LogP contribution in [0.5, 0.6) is 5.75 Å². The molecule has 9 heteroatoms. The van der Waals surface area contributed by atoms with Gasteiger partial charge >= 0.3 is 16.3 Å². The molecule has 0 aliphatic heterocycles. The highest BCUT2D eigenvalue weighted by molar-refractivity contribution is 7.86. The third-order valence-electron chi connectivity index (χ3n) is 3.04. The van der Waals surface area contributed by atoms with Crippen LogP contribution >= 0.6 is 0 Å². The lowest BCUT2D eigenvalue weighted by atomic mass is 10.1. The molecule has 2 aromatic carbocycles. The van der Waals surface area contributed by atoms with E-state index in [1.807, 2.05) is 12.2 Å². The van der Waals surface area contributed by atoms with Gasteiger partial charge in [-0.15, -0.1) is 3.89 Å². The van der Waals surface area contributed by atoms with Crippen molar-refractivity contribution < 1.29 is 27.0 Å². The first kappa shape index (κ1) is 17.4. The van der Waals surface area contributed by atoms with E-state index in [9.17, 15) is 27.0 Å². The van der Waals surface area contributed by atoms with Gasteiger partial charge in [-0.1, -0.05) is 17.7 Å². The van der Waals surface area contributed by atoms with Crippen molar-refractivity contribution in [1.82, 2.24) is 5.32 Å². The minimum atomic E-state index is -4.97. The molecule has 0 unspecified atom stereocenters. The Bertz CT molecular complexity index is 895. The summed E-state index contributed by atoms with van der Waals surface area (Å²) in [6.07, 6.45) is 0. The van der Waals surface area contributed by atoms with E-state index in [1.54, 1.807) is 12.1 Å². The molecule has 0 aliphatic rings. The average molecular weight is 352 g/mol. The second-order valence-corrected chi connectivity index (χ2v) is 6.24. The van der Waals surface area contributed by atoms with Crippen LogP contribution in [0.2, 0.25) is 0 Å². The number of imide groups is 1. The van der Waals surface area contributed by atoms with Crippen LogP contribution in [0.25, 0.3) is 0 Å². The lowest BCUT2D eigenvalue weighted by molar-refractivity contribution is 0.0967. The van der Waals surface area contributed by atoms with Gasteiger partial charge in [0.1, 0.15) is 10.6 Å². The van der Waals surface area contributed by atoms with Gasteiger partial charge in [0.05, 0.1) is 5.69 Å². The Kier molecular flexibility index (Phi) is 4.84. The molecule has 0 aliphatic carbocycles. The van der Waals surface area contributed by atoms with E-state index >= 15 is 0 Å². The molecule has 0 saturated heterocycles. The van der Waals surface area contributed by atoms with Gasteiger partial charge in [0, 0.05) is 11.6 Å². The van der Waals surface area contributed by atoms with Crippen LogP contribution in [0.4, 0.5) is 14.4 Å². The Morgan fingerprint density at radius 2 is 1.71 bits per heavy atom. The SMILES string of the molecule is Cc1ccc(C(=O)NC(=O)Nc2ccc(S(=O)(=O)F)cc2O)cc1. The van der Waals surface area contributed by atoms with Crippen molar-refractivity contribution in [2.75, 3.05) is 5.32 Å². The normalized spacial score (nSPS) is 10.9. The number of urea groups is 1. The number of halogens is 1. The Labute approximate surface area is 137 Å². The molecule has 7 nitrogen and oxygen atoms in total. The number of anilines is 1. The molecule has 2 aromatic rings. The van der Waals surface area contributed by atoms with Crippen molar-refractivity contribution in [3.63, 3.8) is 0 Å². The molecule has 0 bridgehead atoms. The summed E-state index contributed by atoms with van der Waals surface area (Å²) in [5.41, 5.74) is 1.03. The Hall–Kier alpha value is -2.94. The molecule has 0 fully saturated rings. The molecular formula is C15H13FN2O5S. The lowest BCUT2D eigenvalue weighted by Gasteiger charge is -2.09. The van der Waals surface area contributed by atoms with Crippen LogP contribution in [-0.2, 0) is 10.2 Å². The largest absolute Gasteiger partial charge is 0.506 e. The van der Waals surface area contributed by atoms with Crippen LogP contribution < -0.4 is 10.6 Å². The third kappa shape index (κ3) is 4.29. The maximum absolute atomic E-state index is 12.8. The van der Waals surface area contributed by atoms with Gasteiger partial charge in [0.15, 0.2) is 0 Å². The number of hydrogen-bond acceptors (Lipinski definition) is 5. The number of carbonyl (C=O) groups excluding carboxylic acids is 2. The van der Waals surface area contributed by atoms with Crippen molar-refractivity contribution in [1.29, 1.82) is 0 Å². The van der Waals surface area contributed by atoms with Gasteiger partial charge < -0.3 is 10.4 Å². The van der Waals surface area contributed by atoms with Crippen molar-refractivity contribution in [2.24, 2.45) is 0 Å². The summed E-state index contributed by atoms with van der Waals surface area (Å²) in [5, 5.41) is 13.8. The summed E-state index contributed by atoms with van der Waals surface area (Å²) in [4.78, 5) is 22.9. The second kappa shape index (κ2) is 6.67. The zero-order valence-corrected chi connectivity index (χ0v) is 13.2. The third-order valence-corrected chi connectivity index (χ3v) is 3.86. The van der Waals surface area contributed by atoms with Gasteiger partial charge in [-0.2, -0.15) is 8.42 Å². The summed E-state index contributed by atoms with van der Waals surface area (Å²) < 4.78 is 34.2. The highest BCUT2D eigenvalue weighted by Crippen LogP contribution is 2.27. The molecule has 24 heavy (non-hydrogen) atoms. The predicted octanol–water partition coefficient (Wildman–Crippen LogP) is 2.32. The molecule has 3 amide bonds. The van der Waals surface area contributed by atoms with Crippen LogP contribution in [0.15, 0.2) is 47.4 Å². The molecule has 0 radical (unpaired) electrons. The van der Waals surface area contributed by atoms with Gasteiger partial charge in [-0.25, -0.2) is 4.79 Å². The molecule has 2 rings (SSSR count). The molecular weight excluding hydrogens is 339 g/mol. The lowest BCUT2D eigenvalue weighted by Crippen LogP contribution is -2.34. The molecule has 0 aromatic heterocycles. The van der Waals surface area contributed by atoms with Crippen molar-refractivity contribution in [3.8, 4) is 5.75 Å². The van der Waals surface area contributed by atoms with Gasteiger partial charge in [0.2, 0.25) is 0 Å².